The third-order valence-corrected chi connectivity index (χ3v) is 4.63. The Labute approximate surface area is 143 Å². The molecule has 0 aromatic heterocycles. The quantitative estimate of drug-likeness (QED) is 0.737. The SMILES string of the molecule is N#Cc1ccc(N2CC(c3ccc(C(F)(F)F)cc3)C[C@H]2CF)cc1. The molecule has 0 radical (unpaired) electrons. The number of halogens is 4. The zero-order chi connectivity index (χ0) is 18.0. The van der Waals surface area contributed by atoms with Gasteiger partial charge in [0.25, 0.3) is 0 Å². The molecule has 130 valence electrons. The van der Waals surface area contributed by atoms with E-state index in [4.69, 9.17) is 5.26 Å². The Morgan fingerprint density at radius 1 is 1.04 bits per heavy atom. The fraction of sp³-hybridized carbons (Fsp3) is 0.316. The van der Waals surface area contributed by atoms with Crippen LogP contribution in [0.3, 0.4) is 0 Å². The summed E-state index contributed by atoms with van der Waals surface area (Å²) in [7, 11) is 0. The molecule has 1 heterocycles. The van der Waals surface area contributed by atoms with Crippen molar-refractivity contribution in [3.8, 4) is 6.07 Å². The van der Waals surface area contributed by atoms with Crippen LogP contribution in [0.5, 0.6) is 0 Å². The first-order valence-corrected chi connectivity index (χ1v) is 7.92. The van der Waals surface area contributed by atoms with E-state index in [0.29, 0.717) is 18.5 Å². The summed E-state index contributed by atoms with van der Waals surface area (Å²) in [5, 5.41) is 8.86. The van der Waals surface area contributed by atoms with Crippen molar-refractivity contribution in [3.63, 3.8) is 0 Å². The zero-order valence-corrected chi connectivity index (χ0v) is 13.3. The van der Waals surface area contributed by atoms with Gasteiger partial charge in [0.2, 0.25) is 0 Å². The van der Waals surface area contributed by atoms with Gasteiger partial charge >= 0.3 is 6.18 Å². The highest BCUT2D eigenvalue weighted by atomic mass is 19.4. The molecule has 1 fully saturated rings. The highest BCUT2D eigenvalue weighted by Crippen LogP contribution is 2.37. The van der Waals surface area contributed by atoms with E-state index in [0.717, 1.165) is 23.4 Å². The van der Waals surface area contributed by atoms with Crippen LogP contribution in [0.25, 0.3) is 0 Å². The van der Waals surface area contributed by atoms with E-state index >= 15 is 0 Å². The maximum atomic E-state index is 13.4. The van der Waals surface area contributed by atoms with Crippen molar-refractivity contribution in [2.75, 3.05) is 18.1 Å². The van der Waals surface area contributed by atoms with Crippen LogP contribution in [0.4, 0.5) is 23.2 Å². The number of alkyl halides is 4. The van der Waals surface area contributed by atoms with E-state index in [-0.39, 0.29) is 12.0 Å². The van der Waals surface area contributed by atoms with Crippen LogP contribution in [0.2, 0.25) is 0 Å². The lowest BCUT2D eigenvalue weighted by molar-refractivity contribution is -0.137. The number of hydrogen-bond donors (Lipinski definition) is 0. The average Bonchev–Trinajstić information content (AvgIpc) is 3.05. The Hall–Kier alpha value is -2.55. The molecule has 0 amide bonds. The molecule has 2 aromatic rings. The highest BCUT2D eigenvalue weighted by molar-refractivity contribution is 5.52. The van der Waals surface area contributed by atoms with Gasteiger partial charge in [0.05, 0.1) is 23.2 Å². The second-order valence-corrected chi connectivity index (χ2v) is 6.17. The molecule has 6 heteroatoms. The van der Waals surface area contributed by atoms with Crippen molar-refractivity contribution < 1.29 is 17.6 Å². The number of nitrogens with zero attached hydrogens (tertiary/aromatic N) is 2. The van der Waals surface area contributed by atoms with E-state index in [9.17, 15) is 17.6 Å². The van der Waals surface area contributed by atoms with Crippen LogP contribution in [-0.4, -0.2) is 19.3 Å². The van der Waals surface area contributed by atoms with Gasteiger partial charge in [0.15, 0.2) is 0 Å². The van der Waals surface area contributed by atoms with Crippen molar-refractivity contribution in [2.45, 2.75) is 24.6 Å². The summed E-state index contributed by atoms with van der Waals surface area (Å²) in [6.07, 6.45) is -3.81. The van der Waals surface area contributed by atoms with Gasteiger partial charge in [-0.3, -0.25) is 0 Å². The predicted octanol–water partition coefficient (Wildman–Crippen LogP) is 4.91. The molecule has 0 spiro atoms. The predicted molar refractivity (Wildman–Crippen MR) is 87.1 cm³/mol. The van der Waals surface area contributed by atoms with Crippen LogP contribution >= 0.6 is 0 Å². The van der Waals surface area contributed by atoms with Gasteiger partial charge in [-0.2, -0.15) is 18.4 Å². The van der Waals surface area contributed by atoms with E-state index < -0.39 is 18.4 Å². The third kappa shape index (κ3) is 3.60. The molecule has 2 atom stereocenters. The number of hydrogen-bond acceptors (Lipinski definition) is 2. The maximum absolute atomic E-state index is 13.4. The topological polar surface area (TPSA) is 27.0 Å². The van der Waals surface area contributed by atoms with Crippen molar-refractivity contribution >= 4 is 5.69 Å². The largest absolute Gasteiger partial charge is 0.416 e. The first-order valence-electron chi connectivity index (χ1n) is 7.92. The molecule has 0 bridgehead atoms. The van der Waals surface area contributed by atoms with Gasteiger partial charge in [0, 0.05) is 18.2 Å². The Morgan fingerprint density at radius 3 is 2.20 bits per heavy atom. The standard InChI is InChI=1S/C19H16F4N2/c20-10-18-9-15(14-3-5-16(6-4-14)19(21,22)23)12-25(18)17-7-1-13(11-24)2-8-17/h1-8,15,18H,9-10,12H2/t15?,18-/m0/s1. The van der Waals surface area contributed by atoms with Crippen molar-refractivity contribution in [1.29, 1.82) is 5.26 Å². The molecule has 1 unspecified atom stereocenters. The van der Waals surface area contributed by atoms with E-state index in [1.54, 1.807) is 24.3 Å². The smallest absolute Gasteiger partial charge is 0.365 e. The molecular formula is C19H16F4N2. The second kappa shape index (κ2) is 6.75. The molecule has 2 nitrogen and oxygen atoms in total. The summed E-state index contributed by atoms with van der Waals surface area (Å²) in [5.41, 5.74) is 1.44. The Bertz CT molecular complexity index is 760. The number of nitriles is 1. The lowest BCUT2D eigenvalue weighted by Crippen LogP contribution is -2.30. The summed E-state index contributed by atoms with van der Waals surface area (Å²) in [6, 6.07) is 13.7. The van der Waals surface area contributed by atoms with Crippen molar-refractivity contribution in [2.24, 2.45) is 0 Å². The van der Waals surface area contributed by atoms with Crippen LogP contribution < -0.4 is 4.90 Å². The Kier molecular flexibility index (Phi) is 4.67. The van der Waals surface area contributed by atoms with Crippen molar-refractivity contribution in [3.05, 3.63) is 65.2 Å². The van der Waals surface area contributed by atoms with Crippen LogP contribution in [-0.2, 0) is 6.18 Å². The van der Waals surface area contributed by atoms with E-state index in [2.05, 4.69) is 0 Å². The normalized spacial score (nSPS) is 20.5. The number of benzene rings is 2. The minimum absolute atomic E-state index is 0.0290. The van der Waals surface area contributed by atoms with Gasteiger partial charge in [0.1, 0.15) is 6.67 Å². The Balaban J connectivity index is 1.80. The molecule has 1 aliphatic rings. The molecule has 3 rings (SSSR count). The van der Waals surface area contributed by atoms with Gasteiger partial charge in [-0.25, -0.2) is 4.39 Å². The molecule has 0 aliphatic carbocycles. The first-order chi connectivity index (χ1) is 11.9. The van der Waals surface area contributed by atoms with Crippen LogP contribution in [0, 0.1) is 11.3 Å². The molecule has 0 saturated carbocycles. The zero-order valence-electron chi connectivity index (χ0n) is 13.3. The van der Waals surface area contributed by atoms with Crippen LogP contribution in [0.15, 0.2) is 48.5 Å². The number of rotatable bonds is 3. The first kappa shape index (κ1) is 17.3. The fourth-order valence-electron chi connectivity index (χ4n) is 3.29. The molecule has 2 aromatic carbocycles. The highest BCUT2D eigenvalue weighted by Gasteiger charge is 2.34. The minimum Gasteiger partial charge on any atom is -0.365 e. The average molecular weight is 348 g/mol. The molecular weight excluding hydrogens is 332 g/mol. The summed E-state index contributed by atoms with van der Waals surface area (Å²) in [4.78, 5) is 1.92. The van der Waals surface area contributed by atoms with Gasteiger partial charge in [-0.15, -0.1) is 0 Å². The number of anilines is 1. The molecule has 1 saturated heterocycles. The van der Waals surface area contributed by atoms with E-state index in [1.807, 2.05) is 11.0 Å². The summed E-state index contributed by atoms with van der Waals surface area (Å²) in [5.74, 6) is -0.0290. The lowest BCUT2D eigenvalue weighted by atomic mass is 9.95. The third-order valence-electron chi connectivity index (χ3n) is 4.63. The van der Waals surface area contributed by atoms with Gasteiger partial charge in [-0.1, -0.05) is 12.1 Å². The summed E-state index contributed by atoms with van der Waals surface area (Å²) >= 11 is 0. The van der Waals surface area contributed by atoms with Crippen LogP contribution in [0.1, 0.15) is 29.0 Å². The fourth-order valence-corrected chi connectivity index (χ4v) is 3.29. The van der Waals surface area contributed by atoms with Crippen molar-refractivity contribution in [1.82, 2.24) is 0 Å². The van der Waals surface area contributed by atoms with Gasteiger partial charge < -0.3 is 4.90 Å². The molecule has 0 N–H and O–H groups in total. The second-order valence-electron chi connectivity index (χ2n) is 6.17. The molecule has 1 aliphatic heterocycles. The maximum Gasteiger partial charge on any atom is 0.416 e. The summed E-state index contributed by atoms with van der Waals surface area (Å²) in [6.45, 7) is 0.00296. The summed E-state index contributed by atoms with van der Waals surface area (Å²) < 4.78 is 51.5. The minimum atomic E-state index is -4.36. The van der Waals surface area contributed by atoms with E-state index in [1.165, 1.54) is 12.1 Å². The van der Waals surface area contributed by atoms with Gasteiger partial charge in [-0.05, 0) is 48.4 Å². The lowest BCUT2D eigenvalue weighted by Gasteiger charge is -2.24. The molecule has 25 heavy (non-hydrogen) atoms. The Morgan fingerprint density at radius 2 is 1.68 bits per heavy atom. The monoisotopic (exact) mass is 348 g/mol.